The van der Waals surface area contributed by atoms with Crippen LogP contribution in [0.2, 0.25) is 5.15 Å². The van der Waals surface area contributed by atoms with Crippen LogP contribution < -0.4 is 4.74 Å². The first-order valence-corrected chi connectivity index (χ1v) is 10.1. The molecule has 1 aromatic heterocycles. The van der Waals surface area contributed by atoms with Crippen molar-refractivity contribution in [3.63, 3.8) is 0 Å². The van der Waals surface area contributed by atoms with Gasteiger partial charge in [-0.2, -0.15) is 0 Å². The molecule has 0 saturated carbocycles. The highest BCUT2D eigenvalue weighted by Crippen LogP contribution is 2.32. The third kappa shape index (κ3) is 4.53. The molecule has 0 saturated heterocycles. The van der Waals surface area contributed by atoms with Gasteiger partial charge in [-0.15, -0.1) is 0 Å². The molecule has 0 amide bonds. The molecule has 1 unspecified atom stereocenters. The second kappa shape index (κ2) is 9.01. The second-order valence-corrected chi connectivity index (χ2v) is 7.84. The van der Waals surface area contributed by atoms with Gasteiger partial charge in [-0.25, -0.2) is 9.37 Å². The van der Waals surface area contributed by atoms with E-state index in [1.54, 1.807) is 25.3 Å². The van der Waals surface area contributed by atoms with E-state index in [0.29, 0.717) is 22.7 Å². The molecule has 0 N–H and O–H groups in total. The number of halogens is 2. The van der Waals surface area contributed by atoms with Gasteiger partial charge in [-0.3, -0.25) is 9.69 Å². The monoisotopic (exact) mass is 404 g/mol. The molecule has 28 heavy (non-hydrogen) atoms. The average Bonchev–Trinajstić information content (AvgIpc) is 2.85. The summed E-state index contributed by atoms with van der Waals surface area (Å²) in [7, 11) is 0. The van der Waals surface area contributed by atoms with Crippen LogP contribution in [0.1, 0.15) is 60.2 Å². The van der Waals surface area contributed by atoms with E-state index in [-0.39, 0.29) is 30.9 Å². The van der Waals surface area contributed by atoms with Gasteiger partial charge in [0.25, 0.3) is 0 Å². The summed E-state index contributed by atoms with van der Waals surface area (Å²) in [4.78, 5) is 18.9. The molecule has 1 aliphatic heterocycles. The van der Waals surface area contributed by atoms with E-state index in [2.05, 4.69) is 18.8 Å². The lowest BCUT2D eigenvalue weighted by molar-refractivity contribution is 0.0741. The highest BCUT2D eigenvalue weighted by atomic mass is 35.5. The lowest BCUT2D eigenvalue weighted by Crippen LogP contribution is -2.38. The Morgan fingerprint density at radius 1 is 1.39 bits per heavy atom. The minimum Gasteiger partial charge on any atom is -0.474 e. The van der Waals surface area contributed by atoms with Gasteiger partial charge in [-0.05, 0) is 55.5 Å². The maximum Gasteiger partial charge on any atom is 0.180 e. The average molecular weight is 405 g/mol. The highest BCUT2D eigenvalue weighted by Gasteiger charge is 2.28. The molecule has 150 valence electrons. The number of unbranched alkanes of at least 4 members (excludes halogenated alkanes) is 1. The van der Waals surface area contributed by atoms with Crippen LogP contribution in [0.25, 0.3) is 0 Å². The van der Waals surface area contributed by atoms with Crippen molar-refractivity contribution >= 4 is 17.4 Å². The van der Waals surface area contributed by atoms with Crippen molar-refractivity contribution in [2.45, 2.75) is 52.5 Å². The Morgan fingerprint density at radius 2 is 2.18 bits per heavy atom. The van der Waals surface area contributed by atoms with Gasteiger partial charge >= 0.3 is 0 Å². The molecule has 6 heteroatoms. The number of hydrogen-bond acceptors (Lipinski definition) is 4. The zero-order valence-electron chi connectivity index (χ0n) is 16.6. The van der Waals surface area contributed by atoms with E-state index in [1.165, 1.54) is 0 Å². The molecule has 1 atom stereocenters. The summed E-state index contributed by atoms with van der Waals surface area (Å²) in [6.07, 6.45) is 5.32. The molecule has 1 aliphatic rings. The van der Waals surface area contributed by atoms with Crippen molar-refractivity contribution in [3.8, 4) is 5.75 Å². The number of Topliss-reactive ketones (excluding diaryl/α,β-unsaturated/α-hetero) is 1. The number of carbonyl (C=O) groups is 1. The molecule has 4 nitrogen and oxygen atoms in total. The number of rotatable bonds is 6. The first-order chi connectivity index (χ1) is 13.4. The number of ketones is 1. The molecular weight excluding hydrogens is 379 g/mol. The number of nitrogens with zero attached hydrogens (tertiary/aromatic N) is 2. The Balaban J connectivity index is 1.87. The first-order valence-electron chi connectivity index (χ1n) is 9.73. The molecule has 0 radical (unpaired) electrons. The zero-order valence-corrected chi connectivity index (χ0v) is 17.4. The van der Waals surface area contributed by atoms with Crippen molar-refractivity contribution in [1.82, 2.24) is 9.88 Å². The third-order valence-electron chi connectivity index (χ3n) is 5.38. The smallest absolute Gasteiger partial charge is 0.180 e. The molecule has 2 heterocycles. The van der Waals surface area contributed by atoms with Crippen LogP contribution in [0, 0.1) is 12.7 Å². The van der Waals surface area contributed by atoms with Crippen molar-refractivity contribution in [1.29, 1.82) is 0 Å². The molecular formula is C22H26ClFN2O2. The number of fused-ring (bicyclic) bond motifs is 1. The highest BCUT2D eigenvalue weighted by molar-refractivity contribution is 6.29. The SMILES string of the molecule is CCCCC(C)N1COc2c(cc(Cc3ccc(Cl)nc3)c(C)c2F)C(=O)C1. The van der Waals surface area contributed by atoms with E-state index in [0.717, 1.165) is 30.4 Å². The number of pyridine rings is 1. The third-order valence-corrected chi connectivity index (χ3v) is 5.60. The number of hydrogen-bond donors (Lipinski definition) is 0. The number of ether oxygens (including phenoxy) is 1. The second-order valence-electron chi connectivity index (χ2n) is 7.45. The summed E-state index contributed by atoms with van der Waals surface area (Å²) in [5.41, 5.74) is 2.48. The maximum absolute atomic E-state index is 15.1. The summed E-state index contributed by atoms with van der Waals surface area (Å²) in [6, 6.07) is 5.54. The Labute approximate surface area is 170 Å². The largest absolute Gasteiger partial charge is 0.474 e. The topological polar surface area (TPSA) is 42.4 Å². The molecule has 0 fully saturated rings. The van der Waals surface area contributed by atoms with Crippen molar-refractivity contribution < 1.29 is 13.9 Å². The maximum atomic E-state index is 15.1. The van der Waals surface area contributed by atoms with Crippen molar-refractivity contribution in [2.24, 2.45) is 0 Å². The van der Waals surface area contributed by atoms with Crippen LogP contribution in [0.5, 0.6) is 5.75 Å². The predicted octanol–water partition coefficient (Wildman–Crippen LogP) is 5.19. The summed E-state index contributed by atoms with van der Waals surface area (Å²) < 4.78 is 20.8. The minimum atomic E-state index is -0.453. The Morgan fingerprint density at radius 3 is 2.86 bits per heavy atom. The Bertz CT molecular complexity index is 855. The summed E-state index contributed by atoms with van der Waals surface area (Å²) in [6.45, 7) is 6.41. The first kappa shape index (κ1) is 20.7. The van der Waals surface area contributed by atoms with E-state index in [9.17, 15) is 4.79 Å². The van der Waals surface area contributed by atoms with Gasteiger partial charge in [0.2, 0.25) is 0 Å². The number of carbonyl (C=O) groups excluding carboxylic acids is 1. The van der Waals surface area contributed by atoms with Crippen LogP contribution in [0.15, 0.2) is 24.4 Å². The fourth-order valence-electron chi connectivity index (χ4n) is 3.47. The van der Waals surface area contributed by atoms with Gasteiger partial charge in [0.05, 0.1) is 12.1 Å². The van der Waals surface area contributed by atoms with E-state index >= 15 is 4.39 Å². The lowest BCUT2D eigenvalue weighted by Gasteiger charge is -2.26. The lowest BCUT2D eigenvalue weighted by atomic mass is 9.96. The van der Waals surface area contributed by atoms with E-state index < -0.39 is 5.82 Å². The van der Waals surface area contributed by atoms with Crippen LogP contribution >= 0.6 is 11.6 Å². The Kier molecular flexibility index (Phi) is 6.68. The fourth-order valence-corrected chi connectivity index (χ4v) is 3.58. The summed E-state index contributed by atoms with van der Waals surface area (Å²) in [5.74, 6) is -0.485. The Hall–Kier alpha value is -1.98. The van der Waals surface area contributed by atoms with Crippen LogP contribution in [-0.2, 0) is 6.42 Å². The number of benzene rings is 1. The summed E-state index contributed by atoms with van der Waals surface area (Å²) >= 11 is 5.84. The van der Waals surface area contributed by atoms with Crippen LogP contribution in [0.4, 0.5) is 4.39 Å². The standard InChI is InChI=1S/C22H26ClFN2O2/c1-4-5-6-14(2)26-12-19(27)18-10-17(9-16-7-8-20(23)25-11-16)15(3)21(24)22(18)28-13-26/h7-8,10-11,14H,4-6,9,12-13H2,1-3H3. The number of aromatic nitrogens is 1. The van der Waals surface area contributed by atoms with Gasteiger partial charge < -0.3 is 4.74 Å². The van der Waals surface area contributed by atoms with Crippen molar-refractivity contribution in [2.75, 3.05) is 13.3 Å². The quantitative estimate of drug-likeness (QED) is 0.621. The normalized spacial score (nSPS) is 15.7. The van der Waals surface area contributed by atoms with Crippen LogP contribution in [-0.4, -0.2) is 35.0 Å². The van der Waals surface area contributed by atoms with E-state index in [4.69, 9.17) is 16.3 Å². The fraction of sp³-hybridized carbons (Fsp3) is 0.455. The minimum absolute atomic E-state index is 0.0747. The molecule has 0 spiro atoms. The molecule has 3 rings (SSSR count). The van der Waals surface area contributed by atoms with Crippen molar-refractivity contribution in [3.05, 3.63) is 57.6 Å². The molecule has 1 aromatic carbocycles. The van der Waals surface area contributed by atoms with Gasteiger partial charge in [0.1, 0.15) is 11.9 Å². The molecule has 2 aromatic rings. The molecule has 0 aliphatic carbocycles. The van der Waals surface area contributed by atoms with Gasteiger partial charge in [0.15, 0.2) is 17.3 Å². The van der Waals surface area contributed by atoms with Gasteiger partial charge in [0, 0.05) is 12.2 Å². The zero-order chi connectivity index (χ0) is 20.3. The summed E-state index contributed by atoms with van der Waals surface area (Å²) in [5, 5.41) is 0.412. The molecule has 0 bridgehead atoms. The van der Waals surface area contributed by atoms with Crippen LogP contribution in [0.3, 0.4) is 0 Å². The van der Waals surface area contributed by atoms with E-state index in [1.807, 2.05) is 11.0 Å². The van der Waals surface area contributed by atoms with Gasteiger partial charge in [-0.1, -0.05) is 37.4 Å². The predicted molar refractivity (Wildman–Crippen MR) is 109 cm³/mol.